The molecular formula is C19H26FN3O. The number of likely N-dealkylation sites (tertiary alicyclic amines) is 1. The van der Waals surface area contributed by atoms with Gasteiger partial charge in [-0.3, -0.25) is 4.90 Å². The van der Waals surface area contributed by atoms with Crippen molar-refractivity contribution in [3.05, 3.63) is 48.0 Å². The van der Waals surface area contributed by atoms with Gasteiger partial charge in [0.15, 0.2) is 0 Å². The molecule has 5 heteroatoms. The van der Waals surface area contributed by atoms with E-state index in [0.717, 1.165) is 31.7 Å². The third kappa shape index (κ3) is 4.22. The van der Waals surface area contributed by atoms with Crippen LogP contribution in [0.2, 0.25) is 0 Å². The maximum atomic E-state index is 13.9. The normalized spacial score (nSPS) is 18.8. The molecule has 3 rings (SSSR count). The lowest BCUT2D eigenvalue weighted by Gasteiger charge is -2.35. The Labute approximate surface area is 143 Å². The molecule has 0 bridgehead atoms. The summed E-state index contributed by atoms with van der Waals surface area (Å²) in [7, 11) is 1.76. The monoisotopic (exact) mass is 331 g/mol. The number of hydrogen-bond acceptors (Lipinski definition) is 3. The highest BCUT2D eigenvalue weighted by Gasteiger charge is 2.22. The SMILES string of the molecule is COCCC[C@@H]1CCCCN1Cc1cnn(-c2ccccc2F)c1. The van der Waals surface area contributed by atoms with Crippen LogP contribution in [0.4, 0.5) is 4.39 Å². The van der Waals surface area contributed by atoms with Crippen LogP contribution in [0.5, 0.6) is 0 Å². The van der Waals surface area contributed by atoms with E-state index in [1.54, 1.807) is 23.9 Å². The van der Waals surface area contributed by atoms with Crippen molar-refractivity contribution < 1.29 is 9.13 Å². The van der Waals surface area contributed by atoms with Crippen LogP contribution in [0.1, 0.15) is 37.7 Å². The first-order chi connectivity index (χ1) is 11.8. The van der Waals surface area contributed by atoms with Crippen molar-refractivity contribution in [3.8, 4) is 5.69 Å². The van der Waals surface area contributed by atoms with Gasteiger partial charge in [-0.15, -0.1) is 0 Å². The van der Waals surface area contributed by atoms with E-state index in [-0.39, 0.29) is 5.82 Å². The summed E-state index contributed by atoms with van der Waals surface area (Å²) in [5.74, 6) is -0.248. The van der Waals surface area contributed by atoms with Gasteiger partial charge in [0, 0.05) is 38.1 Å². The summed E-state index contributed by atoms with van der Waals surface area (Å²) in [6, 6.07) is 7.36. The predicted octanol–water partition coefficient (Wildman–Crippen LogP) is 3.79. The molecule has 2 heterocycles. The fourth-order valence-corrected chi connectivity index (χ4v) is 3.50. The smallest absolute Gasteiger partial charge is 0.148 e. The van der Waals surface area contributed by atoms with Crippen molar-refractivity contribution in [2.24, 2.45) is 0 Å². The molecule has 1 atom stereocenters. The number of nitrogens with zero attached hydrogens (tertiary/aromatic N) is 3. The van der Waals surface area contributed by atoms with Gasteiger partial charge in [0.25, 0.3) is 0 Å². The molecule has 0 unspecified atom stereocenters. The number of halogens is 1. The zero-order valence-electron chi connectivity index (χ0n) is 14.3. The Morgan fingerprint density at radius 2 is 2.17 bits per heavy atom. The lowest BCUT2D eigenvalue weighted by Crippen LogP contribution is -2.38. The Hall–Kier alpha value is -1.72. The topological polar surface area (TPSA) is 30.3 Å². The van der Waals surface area contributed by atoms with Crippen molar-refractivity contribution in [2.45, 2.75) is 44.7 Å². The summed E-state index contributed by atoms with van der Waals surface area (Å²) in [4.78, 5) is 2.54. The van der Waals surface area contributed by atoms with Crippen molar-refractivity contribution in [3.63, 3.8) is 0 Å². The number of ether oxygens (including phenoxy) is 1. The molecule has 0 spiro atoms. The first kappa shape index (κ1) is 17.1. The second-order valence-electron chi connectivity index (χ2n) is 6.50. The van der Waals surface area contributed by atoms with E-state index < -0.39 is 0 Å². The van der Waals surface area contributed by atoms with Gasteiger partial charge in [-0.25, -0.2) is 9.07 Å². The van der Waals surface area contributed by atoms with Gasteiger partial charge in [-0.2, -0.15) is 5.10 Å². The number of hydrogen-bond donors (Lipinski definition) is 0. The molecule has 2 aromatic rings. The summed E-state index contributed by atoms with van der Waals surface area (Å²) in [5, 5.41) is 4.34. The van der Waals surface area contributed by atoms with Crippen LogP contribution in [-0.4, -0.2) is 41.0 Å². The van der Waals surface area contributed by atoms with E-state index in [9.17, 15) is 4.39 Å². The van der Waals surface area contributed by atoms with Crippen molar-refractivity contribution >= 4 is 0 Å². The Kier molecular flexibility index (Phi) is 5.99. The van der Waals surface area contributed by atoms with E-state index in [1.807, 2.05) is 18.5 Å². The van der Waals surface area contributed by atoms with Crippen LogP contribution in [-0.2, 0) is 11.3 Å². The van der Waals surface area contributed by atoms with Crippen molar-refractivity contribution in [1.29, 1.82) is 0 Å². The van der Waals surface area contributed by atoms with Gasteiger partial charge in [0.05, 0.1) is 6.20 Å². The fourth-order valence-electron chi connectivity index (χ4n) is 3.50. The molecule has 1 fully saturated rings. The zero-order chi connectivity index (χ0) is 16.8. The minimum absolute atomic E-state index is 0.248. The molecule has 1 saturated heterocycles. The van der Waals surface area contributed by atoms with Crippen LogP contribution in [0.3, 0.4) is 0 Å². The van der Waals surface area contributed by atoms with Gasteiger partial charge < -0.3 is 4.74 Å². The summed E-state index contributed by atoms with van der Waals surface area (Å²) in [6.07, 6.45) is 9.89. The molecule has 1 aliphatic heterocycles. The largest absolute Gasteiger partial charge is 0.385 e. The quantitative estimate of drug-likeness (QED) is 0.723. The average Bonchev–Trinajstić information content (AvgIpc) is 3.05. The third-order valence-electron chi connectivity index (χ3n) is 4.76. The first-order valence-corrected chi connectivity index (χ1v) is 8.79. The average molecular weight is 331 g/mol. The van der Waals surface area contributed by atoms with Crippen molar-refractivity contribution in [1.82, 2.24) is 14.7 Å². The Balaban J connectivity index is 1.65. The van der Waals surface area contributed by atoms with Crippen LogP contribution in [0.15, 0.2) is 36.7 Å². The molecule has 0 N–H and O–H groups in total. The Morgan fingerprint density at radius 3 is 3.00 bits per heavy atom. The summed E-state index contributed by atoms with van der Waals surface area (Å²) in [6.45, 7) is 2.84. The van der Waals surface area contributed by atoms with E-state index in [0.29, 0.717) is 11.7 Å². The molecule has 0 saturated carbocycles. The fraction of sp³-hybridized carbons (Fsp3) is 0.526. The highest BCUT2D eigenvalue weighted by atomic mass is 19.1. The molecule has 1 aromatic carbocycles. The van der Waals surface area contributed by atoms with Gasteiger partial charge in [-0.05, 0) is 44.4 Å². The summed E-state index contributed by atoms with van der Waals surface area (Å²) < 4.78 is 20.7. The third-order valence-corrected chi connectivity index (χ3v) is 4.76. The number of piperidine rings is 1. The Bertz CT molecular complexity index is 643. The highest BCUT2D eigenvalue weighted by Crippen LogP contribution is 2.23. The molecule has 0 aliphatic carbocycles. The number of aromatic nitrogens is 2. The first-order valence-electron chi connectivity index (χ1n) is 8.79. The van der Waals surface area contributed by atoms with E-state index in [1.165, 1.54) is 31.7 Å². The number of para-hydroxylation sites is 1. The number of benzene rings is 1. The molecule has 24 heavy (non-hydrogen) atoms. The number of rotatable bonds is 7. The number of methoxy groups -OCH3 is 1. The van der Waals surface area contributed by atoms with Gasteiger partial charge in [0.2, 0.25) is 0 Å². The summed E-state index contributed by atoms with van der Waals surface area (Å²) in [5.41, 5.74) is 1.64. The Morgan fingerprint density at radius 1 is 1.29 bits per heavy atom. The molecule has 1 aromatic heterocycles. The van der Waals surface area contributed by atoms with Gasteiger partial charge >= 0.3 is 0 Å². The minimum Gasteiger partial charge on any atom is -0.385 e. The maximum absolute atomic E-state index is 13.9. The van der Waals surface area contributed by atoms with E-state index in [2.05, 4.69) is 10.00 Å². The summed E-state index contributed by atoms with van der Waals surface area (Å²) >= 11 is 0. The molecule has 1 aliphatic rings. The predicted molar refractivity (Wildman–Crippen MR) is 92.7 cm³/mol. The second-order valence-corrected chi connectivity index (χ2v) is 6.50. The van der Waals surface area contributed by atoms with Crippen LogP contribution >= 0.6 is 0 Å². The molecule has 0 radical (unpaired) electrons. The molecule has 130 valence electrons. The molecular weight excluding hydrogens is 305 g/mol. The van der Waals surface area contributed by atoms with Crippen LogP contribution in [0.25, 0.3) is 5.69 Å². The second kappa shape index (κ2) is 8.40. The highest BCUT2D eigenvalue weighted by molar-refractivity contribution is 5.32. The van der Waals surface area contributed by atoms with E-state index >= 15 is 0 Å². The van der Waals surface area contributed by atoms with Crippen LogP contribution in [0, 0.1) is 5.82 Å². The van der Waals surface area contributed by atoms with Crippen molar-refractivity contribution in [2.75, 3.05) is 20.3 Å². The minimum atomic E-state index is -0.248. The maximum Gasteiger partial charge on any atom is 0.148 e. The standard InChI is InChI=1S/C19H26FN3O/c1-24-12-6-8-17-7-4-5-11-22(17)14-16-13-21-23(15-16)19-10-3-2-9-18(19)20/h2-3,9-10,13,15,17H,4-8,11-12,14H2,1H3/t17-/m0/s1. The van der Waals surface area contributed by atoms with Gasteiger partial charge in [0.1, 0.15) is 11.5 Å². The molecule has 0 amide bonds. The van der Waals surface area contributed by atoms with Crippen LogP contribution < -0.4 is 0 Å². The molecule has 4 nitrogen and oxygen atoms in total. The lowest BCUT2D eigenvalue weighted by molar-refractivity contribution is 0.116. The zero-order valence-corrected chi connectivity index (χ0v) is 14.3. The van der Waals surface area contributed by atoms with E-state index in [4.69, 9.17) is 4.74 Å². The lowest BCUT2D eigenvalue weighted by atomic mass is 9.97. The van der Waals surface area contributed by atoms with Gasteiger partial charge in [-0.1, -0.05) is 18.6 Å².